The van der Waals surface area contributed by atoms with Gasteiger partial charge in [0.15, 0.2) is 0 Å². The number of nitrogens with zero attached hydrogens (tertiary/aromatic N) is 5. The van der Waals surface area contributed by atoms with E-state index in [1.54, 1.807) is 17.2 Å². The summed E-state index contributed by atoms with van der Waals surface area (Å²) in [5.74, 6) is 0.828. The summed E-state index contributed by atoms with van der Waals surface area (Å²) >= 11 is 0. The molecule has 5 heteroatoms. The standard InChI is InChI=1S/C18H21N5/c1-13-17(8-9-18(21-13)23-11-19-20-12-23)16-7-5-6-15(10-16)14(2)22(3)4/h5-12,14H,1-4H3. The predicted octanol–water partition coefficient (Wildman–Crippen LogP) is 3.26. The molecule has 3 rings (SSSR count). The molecule has 0 saturated heterocycles. The molecule has 1 aromatic carbocycles. The number of pyridine rings is 1. The van der Waals surface area contributed by atoms with Gasteiger partial charge in [0.2, 0.25) is 0 Å². The Labute approximate surface area is 136 Å². The van der Waals surface area contributed by atoms with Crippen LogP contribution in [0, 0.1) is 6.92 Å². The Bertz CT molecular complexity index is 793. The lowest BCUT2D eigenvalue weighted by Crippen LogP contribution is -2.16. The van der Waals surface area contributed by atoms with Crippen molar-refractivity contribution in [3.05, 3.63) is 60.3 Å². The van der Waals surface area contributed by atoms with Gasteiger partial charge in [-0.2, -0.15) is 0 Å². The third-order valence-corrected chi connectivity index (χ3v) is 4.21. The summed E-state index contributed by atoms with van der Waals surface area (Å²) in [6.07, 6.45) is 3.31. The van der Waals surface area contributed by atoms with Crippen molar-refractivity contribution in [2.75, 3.05) is 14.1 Å². The maximum absolute atomic E-state index is 4.67. The van der Waals surface area contributed by atoms with E-state index >= 15 is 0 Å². The van der Waals surface area contributed by atoms with E-state index in [0.29, 0.717) is 6.04 Å². The molecule has 0 spiro atoms. The zero-order valence-corrected chi connectivity index (χ0v) is 13.9. The summed E-state index contributed by atoms with van der Waals surface area (Å²) in [4.78, 5) is 6.88. The molecule has 23 heavy (non-hydrogen) atoms. The van der Waals surface area contributed by atoms with Gasteiger partial charge in [-0.25, -0.2) is 4.98 Å². The molecule has 0 amide bonds. The van der Waals surface area contributed by atoms with Crippen LogP contribution in [0.2, 0.25) is 0 Å². The molecule has 0 aliphatic heterocycles. The topological polar surface area (TPSA) is 46.8 Å². The summed E-state index contributed by atoms with van der Waals surface area (Å²) in [7, 11) is 4.19. The normalized spacial score (nSPS) is 12.6. The van der Waals surface area contributed by atoms with E-state index in [4.69, 9.17) is 0 Å². The SMILES string of the molecule is Cc1nc(-n2cnnc2)ccc1-c1cccc(C(C)N(C)C)c1. The van der Waals surface area contributed by atoms with Gasteiger partial charge in [-0.1, -0.05) is 18.2 Å². The van der Waals surface area contributed by atoms with E-state index in [2.05, 4.69) is 71.4 Å². The Morgan fingerprint density at radius 1 is 1.04 bits per heavy atom. The van der Waals surface area contributed by atoms with Crippen molar-refractivity contribution in [3.8, 4) is 16.9 Å². The molecular weight excluding hydrogens is 286 g/mol. The monoisotopic (exact) mass is 307 g/mol. The Balaban J connectivity index is 1.97. The Hall–Kier alpha value is -2.53. The average Bonchev–Trinajstić information content (AvgIpc) is 3.08. The van der Waals surface area contributed by atoms with Gasteiger partial charge in [0.05, 0.1) is 0 Å². The molecule has 0 N–H and O–H groups in total. The van der Waals surface area contributed by atoms with Crippen LogP contribution in [0.25, 0.3) is 16.9 Å². The highest BCUT2D eigenvalue weighted by Gasteiger charge is 2.11. The Morgan fingerprint density at radius 3 is 2.43 bits per heavy atom. The van der Waals surface area contributed by atoms with Crippen LogP contribution in [0.1, 0.15) is 24.2 Å². The number of aryl methyl sites for hydroxylation is 1. The van der Waals surface area contributed by atoms with Crippen molar-refractivity contribution < 1.29 is 0 Å². The van der Waals surface area contributed by atoms with Crippen LogP contribution in [-0.4, -0.2) is 38.7 Å². The fourth-order valence-electron chi connectivity index (χ4n) is 2.58. The molecule has 3 aromatic rings. The van der Waals surface area contributed by atoms with Crippen molar-refractivity contribution >= 4 is 0 Å². The molecule has 2 heterocycles. The highest BCUT2D eigenvalue weighted by molar-refractivity contribution is 5.67. The maximum Gasteiger partial charge on any atom is 0.139 e. The minimum Gasteiger partial charge on any atom is -0.303 e. The van der Waals surface area contributed by atoms with E-state index in [9.17, 15) is 0 Å². The zero-order valence-electron chi connectivity index (χ0n) is 13.9. The van der Waals surface area contributed by atoms with Crippen LogP contribution in [0.3, 0.4) is 0 Å². The van der Waals surface area contributed by atoms with Crippen LogP contribution in [0.5, 0.6) is 0 Å². The van der Waals surface area contributed by atoms with E-state index < -0.39 is 0 Å². The molecule has 0 radical (unpaired) electrons. The van der Waals surface area contributed by atoms with Gasteiger partial charge in [0.1, 0.15) is 18.5 Å². The number of hydrogen-bond acceptors (Lipinski definition) is 4. The van der Waals surface area contributed by atoms with E-state index in [0.717, 1.165) is 17.1 Å². The molecule has 2 aromatic heterocycles. The summed E-state index contributed by atoms with van der Waals surface area (Å²) < 4.78 is 1.81. The quantitative estimate of drug-likeness (QED) is 0.742. The Kier molecular flexibility index (Phi) is 4.21. The first-order valence-electron chi connectivity index (χ1n) is 7.65. The predicted molar refractivity (Wildman–Crippen MR) is 91.4 cm³/mol. The largest absolute Gasteiger partial charge is 0.303 e. The van der Waals surface area contributed by atoms with Crippen LogP contribution < -0.4 is 0 Å². The van der Waals surface area contributed by atoms with Crippen molar-refractivity contribution in [2.24, 2.45) is 0 Å². The minimum absolute atomic E-state index is 0.375. The third-order valence-electron chi connectivity index (χ3n) is 4.21. The molecule has 1 unspecified atom stereocenters. The van der Waals surface area contributed by atoms with Crippen LogP contribution in [0.4, 0.5) is 0 Å². The van der Waals surface area contributed by atoms with E-state index in [-0.39, 0.29) is 0 Å². The van der Waals surface area contributed by atoms with Crippen molar-refractivity contribution in [2.45, 2.75) is 19.9 Å². The number of benzene rings is 1. The fraction of sp³-hybridized carbons (Fsp3) is 0.278. The highest BCUT2D eigenvalue weighted by Crippen LogP contribution is 2.27. The summed E-state index contributed by atoms with van der Waals surface area (Å²) in [5, 5.41) is 7.65. The van der Waals surface area contributed by atoms with Gasteiger partial charge in [-0.15, -0.1) is 10.2 Å². The second-order valence-electron chi connectivity index (χ2n) is 5.94. The average molecular weight is 307 g/mol. The van der Waals surface area contributed by atoms with Gasteiger partial charge >= 0.3 is 0 Å². The first kappa shape index (κ1) is 15.4. The lowest BCUT2D eigenvalue weighted by molar-refractivity contribution is 0.321. The van der Waals surface area contributed by atoms with E-state index in [1.807, 2.05) is 13.0 Å². The molecule has 0 bridgehead atoms. The van der Waals surface area contributed by atoms with Gasteiger partial charge < -0.3 is 4.90 Å². The molecule has 0 saturated carbocycles. The van der Waals surface area contributed by atoms with Crippen molar-refractivity contribution in [3.63, 3.8) is 0 Å². The van der Waals surface area contributed by atoms with Gasteiger partial charge in [-0.3, -0.25) is 4.57 Å². The van der Waals surface area contributed by atoms with E-state index in [1.165, 1.54) is 11.1 Å². The van der Waals surface area contributed by atoms with Gasteiger partial charge in [0, 0.05) is 17.3 Å². The number of rotatable bonds is 4. The van der Waals surface area contributed by atoms with Crippen LogP contribution in [0.15, 0.2) is 49.1 Å². The molecular formula is C18H21N5. The lowest BCUT2D eigenvalue weighted by Gasteiger charge is -2.21. The maximum atomic E-state index is 4.67. The third kappa shape index (κ3) is 3.14. The second kappa shape index (κ2) is 6.30. The smallest absolute Gasteiger partial charge is 0.139 e. The summed E-state index contributed by atoms with van der Waals surface area (Å²) in [5.41, 5.74) is 4.63. The number of hydrogen-bond donors (Lipinski definition) is 0. The second-order valence-corrected chi connectivity index (χ2v) is 5.94. The fourth-order valence-corrected chi connectivity index (χ4v) is 2.58. The molecule has 0 fully saturated rings. The van der Waals surface area contributed by atoms with Crippen molar-refractivity contribution in [1.82, 2.24) is 24.6 Å². The summed E-state index contributed by atoms with van der Waals surface area (Å²) in [6.45, 7) is 4.24. The Morgan fingerprint density at radius 2 is 1.78 bits per heavy atom. The van der Waals surface area contributed by atoms with Crippen LogP contribution >= 0.6 is 0 Å². The van der Waals surface area contributed by atoms with Gasteiger partial charge in [0.25, 0.3) is 0 Å². The molecule has 0 aliphatic carbocycles. The minimum atomic E-state index is 0.375. The molecule has 5 nitrogen and oxygen atoms in total. The molecule has 118 valence electrons. The lowest BCUT2D eigenvalue weighted by atomic mass is 9.99. The first-order chi connectivity index (χ1) is 11.1. The molecule has 1 atom stereocenters. The van der Waals surface area contributed by atoms with Gasteiger partial charge in [-0.05, 0) is 57.3 Å². The van der Waals surface area contributed by atoms with Crippen molar-refractivity contribution in [1.29, 1.82) is 0 Å². The number of aromatic nitrogens is 4. The zero-order chi connectivity index (χ0) is 16.4. The molecule has 0 aliphatic rings. The van der Waals surface area contributed by atoms with Crippen LogP contribution in [-0.2, 0) is 0 Å². The highest BCUT2D eigenvalue weighted by atomic mass is 15.2. The first-order valence-corrected chi connectivity index (χ1v) is 7.65. The summed E-state index contributed by atoms with van der Waals surface area (Å²) in [6, 6.07) is 13.1.